The van der Waals surface area contributed by atoms with E-state index in [4.69, 9.17) is 5.73 Å². The van der Waals surface area contributed by atoms with E-state index in [1.165, 1.54) is 0 Å². The Morgan fingerprint density at radius 1 is 0.667 bits per heavy atom. The monoisotopic (exact) mass is 385 g/mol. The molecule has 0 fully saturated rings. The van der Waals surface area contributed by atoms with Crippen LogP contribution in [0.15, 0.2) is 0 Å². The van der Waals surface area contributed by atoms with Gasteiger partial charge in [-0.15, -0.1) is 5.54 Å². The van der Waals surface area contributed by atoms with Crippen LogP contribution in [0.5, 0.6) is 0 Å². The quantitative estimate of drug-likeness (QED) is 0.611. The molecular formula is C10H28N4Ta-4. The molecule has 5 heteroatoms. The first-order valence-corrected chi connectivity index (χ1v) is 4.43. The van der Waals surface area contributed by atoms with Crippen LogP contribution >= 0.6 is 0 Å². The molecule has 15 heavy (non-hydrogen) atoms. The molecule has 0 aliphatic carbocycles. The maximum absolute atomic E-state index is 6.94. The van der Waals surface area contributed by atoms with Crippen LogP contribution in [-0.4, -0.2) is 47.8 Å². The largest absolute Gasteiger partial charge is 0.673 e. The van der Waals surface area contributed by atoms with Crippen molar-refractivity contribution in [1.29, 1.82) is 0 Å². The second kappa shape index (κ2) is 29.3. The zero-order valence-electron chi connectivity index (χ0n) is 11.8. The molecule has 0 aliphatic heterocycles. The minimum Gasteiger partial charge on any atom is -0.673 e. The Morgan fingerprint density at radius 2 is 0.667 bits per heavy atom. The minimum absolute atomic E-state index is 0. The van der Waals surface area contributed by atoms with E-state index in [1.807, 2.05) is 20.8 Å². The number of nitrogens with one attached hydrogen (secondary N) is 1. The fraction of sp³-hybridized carbons (Fsp3) is 1.00. The van der Waals surface area contributed by atoms with Crippen molar-refractivity contribution in [3.8, 4) is 0 Å². The molecule has 0 spiro atoms. The topological polar surface area (TPSA) is 66.1 Å². The van der Waals surface area contributed by atoms with E-state index in [0.29, 0.717) is 0 Å². The average Bonchev–Trinajstić information content (AvgIpc) is 1.86. The third kappa shape index (κ3) is 6850. The Balaban J connectivity index is -0.0000000300. The van der Waals surface area contributed by atoms with Crippen LogP contribution in [0.2, 0.25) is 0 Å². The van der Waals surface area contributed by atoms with Gasteiger partial charge in [0.2, 0.25) is 0 Å². The normalized spacial score (nSPS) is 7.60. The van der Waals surface area contributed by atoms with E-state index in [1.54, 1.807) is 42.3 Å². The average molecular weight is 385 g/mol. The van der Waals surface area contributed by atoms with Crippen molar-refractivity contribution >= 4 is 0 Å². The Hall–Kier alpha value is 0.580. The van der Waals surface area contributed by atoms with Gasteiger partial charge in [0.15, 0.2) is 0 Å². The molecular weight excluding hydrogens is 357 g/mol. The molecule has 0 atom stereocenters. The van der Waals surface area contributed by atoms with E-state index in [9.17, 15) is 0 Å². The first-order valence-electron chi connectivity index (χ1n) is 4.43. The SMILES string of the molecule is CC(C)(C)[NH-].C[N-]C.C[N-]C.C[N-]C.[Ta]. The van der Waals surface area contributed by atoms with Crippen LogP contribution in [0.25, 0.3) is 21.7 Å². The third-order valence-corrected chi connectivity index (χ3v) is 0. The van der Waals surface area contributed by atoms with Gasteiger partial charge in [-0.05, 0) is 0 Å². The molecule has 0 unspecified atom stereocenters. The predicted molar refractivity (Wildman–Crippen MR) is 69.7 cm³/mol. The minimum atomic E-state index is -0.250. The molecule has 1 N–H and O–H groups in total. The Morgan fingerprint density at radius 3 is 0.667 bits per heavy atom. The summed E-state index contributed by atoms with van der Waals surface area (Å²) in [4.78, 5) is 0. The fourth-order valence-electron chi connectivity index (χ4n) is 0. The summed E-state index contributed by atoms with van der Waals surface area (Å²) < 4.78 is 0. The van der Waals surface area contributed by atoms with Crippen LogP contribution in [0.3, 0.4) is 0 Å². The van der Waals surface area contributed by atoms with Crippen molar-refractivity contribution in [1.82, 2.24) is 0 Å². The molecule has 0 aromatic carbocycles. The summed E-state index contributed by atoms with van der Waals surface area (Å²) >= 11 is 0. The van der Waals surface area contributed by atoms with E-state index >= 15 is 0 Å². The van der Waals surface area contributed by atoms with Crippen LogP contribution in [-0.2, 0) is 22.4 Å². The summed E-state index contributed by atoms with van der Waals surface area (Å²) in [5.41, 5.74) is 6.69. The van der Waals surface area contributed by atoms with Gasteiger partial charge in [0.1, 0.15) is 0 Å². The molecule has 0 saturated carbocycles. The van der Waals surface area contributed by atoms with Gasteiger partial charge in [-0.1, -0.05) is 20.8 Å². The standard InChI is InChI=1S/C4H10N.3C2H6N.Ta/c1-4(2,3)5;3*1-3-2;/h5H,1-3H3;3*1-2H3;/q4*-1;. The maximum Gasteiger partial charge on any atom is 0 e. The molecule has 0 amide bonds. The second-order valence-electron chi connectivity index (χ2n) is 3.59. The van der Waals surface area contributed by atoms with Crippen LogP contribution < -0.4 is 0 Å². The zero-order valence-corrected chi connectivity index (χ0v) is 15.0. The summed E-state index contributed by atoms with van der Waals surface area (Å²) in [7, 11) is 10.5. The second-order valence-corrected chi connectivity index (χ2v) is 3.59. The van der Waals surface area contributed by atoms with Crippen molar-refractivity contribution < 1.29 is 22.4 Å². The molecule has 0 rings (SSSR count). The molecule has 0 aromatic rings. The molecule has 4 nitrogen and oxygen atoms in total. The van der Waals surface area contributed by atoms with Crippen LogP contribution in [0.4, 0.5) is 0 Å². The van der Waals surface area contributed by atoms with Gasteiger partial charge >= 0.3 is 0 Å². The van der Waals surface area contributed by atoms with Gasteiger partial charge in [0.25, 0.3) is 0 Å². The Bertz CT molecular complexity index is 54.2. The number of hydrogen-bond acceptors (Lipinski definition) is 0. The van der Waals surface area contributed by atoms with Crippen LogP contribution in [0.1, 0.15) is 20.8 Å². The Labute approximate surface area is 113 Å². The van der Waals surface area contributed by atoms with Crippen LogP contribution in [0, 0.1) is 0 Å². The van der Waals surface area contributed by atoms with Gasteiger partial charge in [-0.2, -0.15) is 42.3 Å². The predicted octanol–water partition coefficient (Wildman–Crippen LogP) is 3.69. The smallest absolute Gasteiger partial charge is 0 e. The zero-order chi connectivity index (χ0) is 12.6. The first kappa shape index (κ1) is 29.6. The van der Waals surface area contributed by atoms with Gasteiger partial charge < -0.3 is 21.7 Å². The van der Waals surface area contributed by atoms with Crippen molar-refractivity contribution in [2.75, 3.05) is 42.3 Å². The van der Waals surface area contributed by atoms with Crippen molar-refractivity contribution in [2.24, 2.45) is 0 Å². The molecule has 0 bridgehead atoms. The van der Waals surface area contributed by atoms with Crippen molar-refractivity contribution in [3.63, 3.8) is 0 Å². The summed E-state index contributed by atoms with van der Waals surface area (Å²) in [6, 6.07) is 0. The van der Waals surface area contributed by atoms with E-state index in [-0.39, 0.29) is 27.9 Å². The fourth-order valence-corrected chi connectivity index (χ4v) is 0. The van der Waals surface area contributed by atoms with Crippen molar-refractivity contribution in [3.05, 3.63) is 21.7 Å². The molecule has 0 aliphatic rings. The summed E-state index contributed by atoms with van der Waals surface area (Å²) in [6.07, 6.45) is 0. The molecule has 0 aromatic heterocycles. The first-order chi connectivity index (χ1) is 6.24. The van der Waals surface area contributed by atoms with E-state index in [2.05, 4.69) is 16.0 Å². The van der Waals surface area contributed by atoms with Gasteiger partial charge in [0.05, 0.1) is 0 Å². The maximum atomic E-state index is 6.94. The van der Waals surface area contributed by atoms with Crippen molar-refractivity contribution in [2.45, 2.75) is 26.3 Å². The molecule has 0 saturated heterocycles. The van der Waals surface area contributed by atoms with Gasteiger partial charge in [0, 0.05) is 22.4 Å². The van der Waals surface area contributed by atoms with E-state index < -0.39 is 0 Å². The summed E-state index contributed by atoms with van der Waals surface area (Å²) in [5.74, 6) is 0. The number of hydrogen-bond donors (Lipinski definition) is 0. The van der Waals surface area contributed by atoms with Gasteiger partial charge in [-0.3, -0.25) is 0 Å². The third-order valence-electron chi connectivity index (χ3n) is 0. The Kier molecular flexibility index (Phi) is 57.8. The van der Waals surface area contributed by atoms with E-state index in [0.717, 1.165) is 0 Å². The molecule has 1 radical (unpaired) electrons. The van der Waals surface area contributed by atoms with Gasteiger partial charge in [-0.25, -0.2) is 0 Å². The number of rotatable bonds is 0. The number of nitrogens with zero attached hydrogens (tertiary/aromatic N) is 3. The summed E-state index contributed by atoms with van der Waals surface area (Å²) in [5, 5.41) is 10.5. The molecule has 0 heterocycles. The summed E-state index contributed by atoms with van der Waals surface area (Å²) in [6.45, 7) is 5.56. The molecule has 97 valence electrons.